The van der Waals surface area contributed by atoms with Crippen molar-refractivity contribution in [3.05, 3.63) is 0 Å². The predicted molar refractivity (Wildman–Crippen MR) is 108 cm³/mol. The van der Waals surface area contributed by atoms with Crippen LogP contribution >= 0.6 is 0 Å². The van der Waals surface area contributed by atoms with Gasteiger partial charge in [0.25, 0.3) is 0 Å². The van der Waals surface area contributed by atoms with Crippen LogP contribution in [-0.2, 0) is 34.1 Å². The Morgan fingerprint density at radius 1 is 0.250 bits per heavy atom. The average Bonchev–Trinajstić information content (AvgIpc) is 2.45. The Balaban J connectivity index is -0.00000000314. The molecule has 0 spiro atoms. The van der Waals surface area contributed by atoms with Crippen LogP contribution < -0.4 is 264 Å². The third-order valence-corrected chi connectivity index (χ3v) is 0. The summed E-state index contributed by atoms with van der Waals surface area (Å²) in [6.45, 7) is 11.4. The standard InChI is InChI=1S/8C2H3N.2Cu.11HI.3Sb/c8*1-2-3;;;;;;;;;;;;;;;;/h8*1H3;;;11*1H;;;/q;;;;;;;;2*+2;;;;;;;;;;;;;;+3/p-11. The Morgan fingerprint density at radius 3 is 0.250 bits per heavy atom. The number of rotatable bonds is 0. The first-order chi connectivity index (χ1) is 11.3. The zero-order valence-electron chi connectivity index (χ0n) is 21.7. The molecule has 0 heterocycles. The van der Waals surface area contributed by atoms with Gasteiger partial charge >= 0.3 is 58.6 Å². The number of hydrogen-bond donors (Lipinski definition) is 0. The van der Waals surface area contributed by atoms with E-state index in [0.29, 0.717) is 0 Å². The van der Waals surface area contributed by atoms with E-state index < -0.39 is 0 Å². The second kappa shape index (κ2) is 402. The van der Waals surface area contributed by atoms with E-state index in [4.69, 9.17) is 42.1 Å². The normalized spacial score (nSPS) is 1.60. The zero-order chi connectivity index (χ0) is 21.7. The zero-order valence-corrected chi connectivity index (χ0v) is 55.0. The number of halogens is 11. The van der Waals surface area contributed by atoms with Gasteiger partial charge in [-0.15, -0.1) is 0 Å². The first-order valence-corrected chi connectivity index (χ1v) is 5.79. The molecule has 0 fully saturated rings. The van der Waals surface area contributed by atoms with Gasteiger partial charge in [0, 0.05) is 104 Å². The van der Waals surface area contributed by atoms with Crippen LogP contribution in [0.5, 0.6) is 0 Å². The van der Waals surface area contributed by atoms with E-state index in [1.807, 2.05) is 0 Å². The summed E-state index contributed by atoms with van der Waals surface area (Å²) in [5.41, 5.74) is 0. The second-order valence-corrected chi connectivity index (χ2v) is 1.79. The summed E-state index contributed by atoms with van der Waals surface area (Å²) >= 11 is 0. The maximum atomic E-state index is 7.32. The van der Waals surface area contributed by atoms with Crippen LogP contribution in [0.15, 0.2) is 0 Å². The van der Waals surface area contributed by atoms with Crippen LogP contribution in [0.3, 0.4) is 0 Å². The van der Waals surface area contributed by atoms with Crippen LogP contribution in [-0.4, -0.2) is 73.3 Å². The monoisotopic (exact) mass is 2210 g/mol. The van der Waals surface area contributed by atoms with Crippen LogP contribution in [0.2, 0.25) is 0 Å². The van der Waals surface area contributed by atoms with E-state index in [1.54, 1.807) is 48.6 Å². The molecule has 0 N–H and O–H groups in total. The molecule has 0 saturated carbocycles. The fourth-order valence-corrected chi connectivity index (χ4v) is 0. The van der Waals surface area contributed by atoms with Gasteiger partial charge in [-0.25, -0.2) is 0 Å². The maximum absolute atomic E-state index is 7.32. The molecule has 0 rings (SSSR count). The topological polar surface area (TPSA) is 190 Å². The fourth-order valence-electron chi connectivity index (χ4n) is 0. The number of nitriles is 8. The molecule has 246 valence electrons. The molecular formula is C16H24Cu2I11N8Sb3-4. The van der Waals surface area contributed by atoms with Gasteiger partial charge in [-0.3, -0.25) is 0 Å². The smallest absolute Gasteiger partial charge is 1.00 e. The van der Waals surface area contributed by atoms with Gasteiger partial charge < -0.3 is 264 Å². The molecule has 0 aromatic rings. The molecule has 0 aliphatic heterocycles. The minimum absolute atomic E-state index is 0. The summed E-state index contributed by atoms with van der Waals surface area (Å²) in [6, 6.07) is 14.0. The van der Waals surface area contributed by atoms with Gasteiger partial charge in [0.2, 0.25) is 0 Å². The molecule has 0 bridgehead atoms. The fraction of sp³-hybridized carbons (Fsp3) is 0.500. The Kier molecular flexibility index (Phi) is 1870. The van der Waals surface area contributed by atoms with Crippen molar-refractivity contribution in [1.82, 2.24) is 0 Å². The summed E-state index contributed by atoms with van der Waals surface area (Å²) < 4.78 is 0. The SMILES string of the molecule is CC#N.CC#N.CC#N.CC#N.CC#N.CC#N.CC#N.CC#N.[Cu+2].[Cu+2].[I-].[I-].[I-].[I-].[I-].[I-].[I-].[I-].[I-].[I-].[I-].[Sb+3].[Sb].[Sb]. The first-order valence-electron chi connectivity index (χ1n) is 5.79. The molecule has 24 heteroatoms. The summed E-state index contributed by atoms with van der Waals surface area (Å²) in [7, 11) is 0. The Labute approximate surface area is 505 Å². The second-order valence-electron chi connectivity index (χ2n) is 1.79. The molecule has 8 nitrogen and oxygen atoms in total. The van der Waals surface area contributed by atoms with E-state index in [2.05, 4.69) is 0 Å². The largest absolute Gasteiger partial charge is 3.00 e. The summed E-state index contributed by atoms with van der Waals surface area (Å²) in [5.74, 6) is 0. The molecule has 0 aromatic heterocycles. The number of hydrogen-bond acceptors (Lipinski definition) is 8. The van der Waals surface area contributed by atoms with Crippen LogP contribution in [0.25, 0.3) is 0 Å². The first kappa shape index (κ1) is 186. The average molecular weight is 2220 g/mol. The molecule has 0 atom stereocenters. The third-order valence-electron chi connectivity index (χ3n) is 0. The van der Waals surface area contributed by atoms with Gasteiger partial charge in [-0.05, 0) is 0 Å². The molecule has 40 heavy (non-hydrogen) atoms. The van der Waals surface area contributed by atoms with E-state index in [-0.39, 0.29) is 371 Å². The molecule has 0 aliphatic rings. The molecular weight excluding hydrogens is 2190 g/mol. The Morgan fingerprint density at radius 2 is 0.250 bits per heavy atom. The van der Waals surface area contributed by atoms with E-state index in [1.165, 1.54) is 55.4 Å². The molecule has 0 aliphatic carbocycles. The minimum Gasteiger partial charge on any atom is -1.00 e. The van der Waals surface area contributed by atoms with Gasteiger partial charge in [-0.1, -0.05) is 0 Å². The minimum atomic E-state index is 0. The van der Waals surface area contributed by atoms with E-state index >= 15 is 0 Å². The van der Waals surface area contributed by atoms with Gasteiger partial charge in [0.15, 0.2) is 0 Å². The Bertz CT molecular complexity index is 396. The van der Waals surface area contributed by atoms with Crippen molar-refractivity contribution in [2.45, 2.75) is 55.4 Å². The van der Waals surface area contributed by atoms with Crippen LogP contribution in [0, 0.1) is 90.6 Å². The maximum Gasteiger partial charge on any atom is 3.00 e. The van der Waals surface area contributed by atoms with Crippen molar-refractivity contribution < 1.29 is 298 Å². The predicted octanol–water partition coefficient (Wildman–Crippen LogP) is -29.9. The third kappa shape index (κ3) is 1620. The number of nitrogens with zero attached hydrogens (tertiary/aromatic N) is 8. The van der Waals surface area contributed by atoms with Crippen molar-refractivity contribution in [1.29, 1.82) is 42.1 Å². The van der Waals surface area contributed by atoms with Crippen LogP contribution in [0.4, 0.5) is 0 Å². The summed E-state index contributed by atoms with van der Waals surface area (Å²) in [5, 5.41) is 58.6. The van der Waals surface area contributed by atoms with E-state index in [9.17, 15) is 0 Å². The van der Waals surface area contributed by atoms with Crippen LogP contribution in [0.1, 0.15) is 55.4 Å². The van der Waals surface area contributed by atoms with Crippen molar-refractivity contribution in [2.75, 3.05) is 0 Å². The quantitative estimate of drug-likeness (QED) is 0.169. The van der Waals surface area contributed by atoms with Crippen molar-refractivity contribution >= 4 is 73.3 Å². The summed E-state index contributed by atoms with van der Waals surface area (Å²) in [6.07, 6.45) is 0. The molecule has 0 amide bonds. The van der Waals surface area contributed by atoms with Crippen molar-refractivity contribution in [3.8, 4) is 48.6 Å². The van der Waals surface area contributed by atoms with Crippen molar-refractivity contribution in [3.63, 3.8) is 0 Å². The van der Waals surface area contributed by atoms with Gasteiger partial charge in [0.05, 0.1) is 48.6 Å². The summed E-state index contributed by atoms with van der Waals surface area (Å²) in [4.78, 5) is 0. The molecule has 0 saturated heterocycles. The van der Waals surface area contributed by atoms with Gasteiger partial charge in [-0.2, -0.15) is 42.1 Å². The van der Waals surface area contributed by atoms with Crippen molar-refractivity contribution in [2.24, 2.45) is 0 Å². The molecule has 10 radical (unpaired) electrons. The molecule has 0 unspecified atom stereocenters. The van der Waals surface area contributed by atoms with E-state index in [0.717, 1.165) is 0 Å². The Hall–Kier alpha value is 7.44. The molecule has 0 aromatic carbocycles. The van der Waals surface area contributed by atoms with Gasteiger partial charge in [0.1, 0.15) is 0 Å².